The van der Waals surface area contributed by atoms with Gasteiger partial charge in [0.15, 0.2) is 0 Å². The van der Waals surface area contributed by atoms with Gasteiger partial charge in [0, 0.05) is 12.1 Å². The van der Waals surface area contributed by atoms with Gasteiger partial charge < -0.3 is 20.1 Å². The van der Waals surface area contributed by atoms with Crippen LogP contribution in [0, 0.1) is 11.3 Å². The van der Waals surface area contributed by atoms with Crippen LogP contribution in [0.1, 0.15) is 94.4 Å². The molecule has 1 heterocycles. The normalized spacial score (nSPS) is 20.7. The van der Waals surface area contributed by atoms with Crippen molar-refractivity contribution in [2.45, 2.75) is 84.9 Å². The number of nitrogens with one attached hydrogen (secondary N) is 2. The molecule has 0 bridgehead atoms. The Bertz CT molecular complexity index is 1260. The van der Waals surface area contributed by atoms with E-state index in [1.807, 2.05) is 13.8 Å². The number of carbonyl (C=O) groups is 3. The summed E-state index contributed by atoms with van der Waals surface area (Å²) in [6.07, 6.45) is -3.54. The Morgan fingerprint density at radius 3 is 2.19 bits per heavy atom. The van der Waals surface area contributed by atoms with Crippen LogP contribution in [0.15, 0.2) is 48.5 Å². The van der Waals surface area contributed by atoms with Gasteiger partial charge in [-0.3, -0.25) is 19.7 Å². The first-order valence-electron chi connectivity index (χ1n) is 14.0. The molecule has 8 nitrogen and oxygen atoms in total. The van der Waals surface area contributed by atoms with Gasteiger partial charge in [0.2, 0.25) is 5.91 Å². The molecule has 2 aromatic rings. The molecule has 0 spiro atoms. The largest absolute Gasteiger partial charge is 0.573 e. The topological polar surface area (TPSA) is 108 Å². The molecule has 0 saturated carbocycles. The van der Waals surface area contributed by atoms with E-state index < -0.39 is 36.0 Å². The van der Waals surface area contributed by atoms with Gasteiger partial charge in [-0.05, 0) is 73.4 Å². The van der Waals surface area contributed by atoms with Crippen molar-refractivity contribution in [3.8, 4) is 5.75 Å². The number of halogens is 3. The van der Waals surface area contributed by atoms with E-state index in [4.69, 9.17) is 5.11 Å². The lowest BCUT2D eigenvalue weighted by Gasteiger charge is -2.41. The Hall–Kier alpha value is -3.60. The second-order valence-electron chi connectivity index (χ2n) is 12.2. The van der Waals surface area contributed by atoms with Gasteiger partial charge in [-0.15, -0.1) is 13.2 Å². The van der Waals surface area contributed by atoms with Gasteiger partial charge >= 0.3 is 12.3 Å². The number of benzene rings is 2. The predicted octanol–water partition coefficient (Wildman–Crippen LogP) is 6.20. The van der Waals surface area contributed by atoms with Gasteiger partial charge in [-0.2, -0.15) is 0 Å². The molecule has 0 radical (unpaired) electrons. The molecule has 1 fully saturated rings. The fourth-order valence-corrected chi connectivity index (χ4v) is 5.10. The lowest BCUT2D eigenvalue weighted by Crippen LogP contribution is -2.51. The van der Waals surface area contributed by atoms with Crippen LogP contribution in [-0.2, 0) is 9.59 Å². The van der Waals surface area contributed by atoms with Gasteiger partial charge in [0.1, 0.15) is 11.8 Å². The summed E-state index contributed by atoms with van der Waals surface area (Å²) in [5.41, 5.74) is 0.964. The zero-order valence-corrected chi connectivity index (χ0v) is 24.8. The third-order valence-electron chi connectivity index (χ3n) is 8.13. The minimum absolute atomic E-state index is 0.0102. The molecular weight excluding hydrogens is 551 g/mol. The number of carbonyl (C=O) groups excluding carboxylic acids is 2. The van der Waals surface area contributed by atoms with Crippen LogP contribution in [0.5, 0.6) is 5.75 Å². The molecule has 0 aromatic heterocycles. The minimum Gasteiger partial charge on any atom is -0.481 e. The van der Waals surface area contributed by atoms with E-state index in [2.05, 4.69) is 43.1 Å². The summed E-state index contributed by atoms with van der Waals surface area (Å²) in [4.78, 5) is 38.9. The fourth-order valence-electron chi connectivity index (χ4n) is 5.10. The second-order valence-corrected chi connectivity index (χ2v) is 12.2. The molecule has 1 aliphatic heterocycles. The molecule has 42 heavy (non-hydrogen) atoms. The van der Waals surface area contributed by atoms with Crippen molar-refractivity contribution in [3.63, 3.8) is 0 Å². The molecule has 4 unspecified atom stereocenters. The van der Waals surface area contributed by atoms with Crippen molar-refractivity contribution in [3.05, 3.63) is 65.2 Å². The molecule has 3 N–H and O–H groups in total. The van der Waals surface area contributed by atoms with Crippen LogP contribution in [0.4, 0.5) is 13.2 Å². The fraction of sp³-hybridized carbons (Fsp3) is 0.516. The first-order valence-corrected chi connectivity index (χ1v) is 14.0. The molecule has 11 heteroatoms. The standard InChI is InChI=1S/C31H40F3N3O5/c1-19(29(3,4)5)15-17-30(6)36-26(22-11-13-24(14-12-22)42-31(32,33)34)28(41)37(30)20(2)21-7-9-23(10-8-21)27(40)35-18-16-25(38)39/h7-14,19-20,26,36H,15-18H2,1-6H3,(H,35,40)(H,38,39). The highest BCUT2D eigenvalue weighted by molar-refractivity contribution is 5.94. The Morgan fingerprint density at radius 1 is 1.07 bits per heavy atom. The number of hydrogen-bond donors (Lipinski definition) is 3. The van der Waals surface area contributed by atoms with Crippen LogP contribution >= 0.6 is 0 Å². The molecule has 4 atom stereocenters. The lowest BCUT2D eigenvalue weighted by atomic mass is 9.78. The number of aliphatic carboxylic acids is 1. The van der Waals surface area contributed by atoms with E-state index in [1.54, 1.807) is 29.2 Å². The first kappa shape index (κ1) is 32.9. The van der Waals surface area contributed by atoms with E-state index >= 15 is 0 Å². The number of amides is 2. The van der Waals surface area contributed by atoms with Crippen LogP contribution in [0.3, 0.4) is 0 Å². The summed E-state index contributed by atoms with van der Waals surface area (Å²) in [5, 5.41) is 14.8. The van der Waals surface area contributed by atoms with Crippen molar-refractivity contribution in [2.24, 2.45) is 11.3 Å². The molecule has 2 aromatic carbocycles. The van der Waals surface area contributed by atoms with Crippen molar-refractivity contribution < 1.29 is 37.4 Å². The van der Waals surface area contributed by atoms with E-state index in [9.17, 15) is 27.6 Å². The smallest absolute Gasteiger partial charge is 0.481 e. The maximum absolute atomic E-state index is 14.0. The third-order valence-corrected chi connectivity index (χ3v) is 8.13. The number of ether oxygens (including phenoxy) is 1. The molecule has 230 valence electrons. The van der Waals surface area contributed by atoms with E-state index in [0.29, 0.717) is 23.5 Å². The second kappa shape index (κ2) is 12.7. The number of carboxylic acids is 1. The number of alkyl halides is 3. The summed E-state index contributed by atoms with van der Waals surface area (Å²) < 4.78 is 42.0. The monoisotopic (exact) mass is 591 g/mol. The summed E-state index contributed by atoms with van der Waals surface area (Å²) >= 11 is 0. The van der Waals surface area contributed by atoms with Crippen molar-refractivity contribution >= 4 is 17.8 Å². The van der Waals surface area contributed by atoms with Gasteiger partial charge in [-0.1, -0.05) is 52.0 Å². The lowest BCUT2D eigenvalue weighted by molar-refractivity contribution is -0.274. The Kier molecular flexibility index (Phi) is 9.97. The number of hydrogen-bond acceptors (Lipinski definition) is 5. The van der Waals surface area contributed by atoms with Crippen LogP contribution in [0.25, 0.3) is 0 Å². The van der Waals surface area contributed by atoms with Crippen LogP contribution < -0.4 is 15.4 Å². The van der Waals surface area contributed by atoms with Crippen LogP contribution in [0.2, 0.25) is 0 Å². The molecule has 3 rings (SSSR count). The minimum atomic E-state index is -4.81. The Balaban J connectivity index is 1.87. The summed E-state index contributed by atoms with van der Waals surface area (Å²) in [7, 11) is 0. The van der Waals surface area contributed by atoms with Crippen LogP contribution in [-0.4, -0.2) is 46.4 Å². The maximum Gasteiger partial charge on any atom is 0.573 e. The summed E-state index contributed by atoms with van der Waals surface area (Å²) in [5.74, 6) is -1.63. The summed E-state index contributed by atoms with van der Waals surface area (Å²) in [6, 6.07) is 10.9. The molecule has 1 saturated heterocycles. The van der Waals surface area contributed by atoms with E-state index in [-0.39, 0.29) is 30.0 Å². The third kappa shape index (κ3) is 8.24. The maximum atomic E-state index is 14.0. The molecular formula is C31H40F3N3O5. The highest BCUT2D eigenvalue weighted by Crippen LogP contribution is 2.42. The zero-order chi connectivity index (χ0) is 31.5. The predicted molar refractivity (Wildman–Crippen MR) is 152 cm³/mol. The Morgan fingerprint density at radius 2 is 1.67 bits per heavy atom. The zero-order valence-electron chi connectivity index (χ0n) is 24.8. The first-order chi connectivity index (χ1) is 19.4. The van der Waals surface area contributed by atoms with Crippen molar-refractivity contribution in [1.29, 1.82) is 0 Å². The summed E-state index contributed by atoms with van der Waals surface area (Å²) in [6.45, 7) is 12.5. The number of nitrogens with zero attached hydrogens (tertiary/aromatic N) is 1. The highest BCUT2D eigenvalue weighted by atomic mass is 19.4. The molecule has 1 aliphatic rings. The van der Waals surface area contributed by atoms with E-state index in [0.717, 1.165) is 12.0 Å². The van der Waals surface area contributed by atoms with Gasteiger partial charge in [0.25, 0.3) is 5.91 Å². The van der Waals surface area contributed by atoms with Crippen molar-refractivity contribution in [1.82, 2.24) is 15.5 Å². The molecule has 2 amide bonds. The quantitative estimate of drug-likeness (QED) is 0.287. The average molecular weight is 592 g/mol. The van der Waals surface area contributed by atoms with Crippen molar-refractivity contribution in [2.75, 3.05) is 6.54 Å². The van der Waals surface area contributed by atoms with Gasteiger partial charge in [0.05, 0.1) is 18.1 Å². The van der Waals surface area contributed by atoms with Gasteiger partial charge in [-0.25, -0.2) is 0 Å². The SMILES string of the molecule is CC(c1ccc(C(=O)NCCC(=O)O)cc1)N1C(=O)C(c2ccc(OC(F)(F)F)cc2)NC1(C)CCC(C)C(C)(C)C. The Labute approximate surface area is 244 Å². The average Bonchev–Trinajstić information content (AvgIpc) is 3.16. The van der Waals surface area contributed by atoms with E-state index in [1.165, 1.54) is 24.3 Å². The highest BCUT2D eigenvalue weighted by Gasteiger charge is 2.50. The number of carboxylic acid groups (broad SMARTS) is 1. The number of rotatable bonds is 11. The molecule has 0 aliphatic carbocycles.